The molecule has 0 amide bonds. The van der Waals surface area contributed by atoms with E-state index in [-0.39, 0.29) is 11.2 Å². The van der Waals surface area contributed by atoms with Gasteiger partial charge in [0.25, 0.3) is 0 Å². The van der Waals surface area contributed by atoms with Crippen LogP contribution in [-0.2, 0) is 52.3 Å². The lowest BCUT2D eigenvalue weighted by Gasteiger charge is -2.58. The number of hydrogen-bond acceptors (Lipinski definition) is 13. The highest BCUT2D eigenvalue weighted by Crippen LogP contribution is 2.64. The number of esters is 4. The van der Waals surface area contributed by atoms with Gasteiger partial charge in [0.2, 0.25) is 4.93 Å². The second kappa shape index (κ2) is 11.0. The van der Waals surface area contributed by atoms with Gasteiger partial charge in [-0.2, -0.15) is 0 Å². The molecule has 4 aliphatic carbocycles. The second-order valence-electron chi connectivity index (χ2n) is 11.7. The van der Waals surface area contributed by atoms with Crippen molar-refractivity contribution >= 4 is 41.8 Å². The van der Waals surface area contributed by atoms with Gasteiger partial charge < -0.3 is 33.2 Å². The van der Waals surface area contributed by atoms with Gasteiger partial charge in [0.05, 0.1) is 7.11 Å². The van der Waals surface area contributed by atoms with Crippen molar-refractivity contribution in [3.8, 4) is 0 Å². The first kappa shape index (κ1) is 29.0. The van der Waals surface area contributed by atoms with Gasteiger partial charge in [-0.3, -0.25) is 14.4 Å². The van der Waals surface area contributed by atoms with Crippen molar-refractivity contribution in [1.82, 2.24) is 0 Å². The summed E-state index contributed by atoms with van der Waals surface area (Å²) in [6.07, 6.45) is -0.670. The SMILES string of the molecule is COC(=O)C1(SC23CC4CC(CC(C4)C2)C3)CC2OC(=O)OC2C([C@H](OC(C)=O)[C@@H](COC(C)=O)OC(C)=O)O1. The van der Waals surface area contributed by atoms with Gasteiger partial charge in [-0.1, -0.05) is 0 Å². The molecule has 2 heterocycles. The number of rotatable bonds is 9. The minimum absolute atomic E-state index is 0.0338. The van der Waals surface area contributed by atoms with E-state index in [2.05, 4.69) is 0 Å². The molecule has 12 nitrogen and oxygen atoms in total. The average Bonchev–Trinajstić information content (AvgIpc) is 3.22. The first-order valence-corrected chi connectivity index (χ1v) is 14.5. The van der Waals surface area contributed by atoms with E-state index in [4.69, 9.17) is 33.2 Å². The van der Waals surface area contributed by atoms with Crippen LogP contribution < -0.4 is 0 Å². The number of hydrogen-bond donors (Lipinski definition) is 0. The summed E-state index contributed by atoms with van der Waals surface area (Å²) >= 11 is 1.42. The standard InChI is InChI=1S/C27H36O12S/c1-13(28)34-12-20(35-14(2)29)22(36-15(3)30)23-21-19(37-25(32)38-21)11-27(39-23,24(31)33-4)40-26-8-16-5-17(9-26)7-18(6-16)10-26/h16-23H,5-12H2,1-4H3/t16?,17?,18?,19?,20-,21?,22-,23?,26?,27?/m1/s1. The summed E-state index contributed by atoms with van der Waals surface area (Å²) in [6, 6.07) is 0. The van der Waals surface area contributed by atoms with Crippen molar-refractivity contribution in [1.29, 1.82) is 0 Å². The van der Waals surface area contributed by atoms with Crippen LogP contribution in [0.5, 0.6) is 0 Å². The van der Waals surface area contributed by atoms with Gasteiger partial charge in [0, 0.05) is 31.9 Å². The van der Waals surface area contributed by atoms with E-state index in [0.29, 0.717) is 17.8 Å². The Morgan fingerprint density at radius 3 is 2.02 bits per heavy atom. The van der Waals surface area contributed by atoms with Crippen LogP contribution in [0.25, 0.3) is 0 Å². The minimum Gasteiger partial charge on any atom is -0.466 e. The molecule has 4 unspecified atom stereocenters. The van der Waals surface area contributed by atoms with E-state index in [1.165, 1.54) is 45.1 Å². The fraction of sp³-hybridized carbons (Fsp3) is 0.815. The Kier molecular flexibility index (Phi) is 7.99. The van der Waals surface area contributed by atoms with Gasteiger partial charge in [0.1, 0.15) is 18.8 Å². The average molecular weight is 585 g/mol. The van der Waals surface area contributed by atoms with E-state index in [1.807, 2.05) is 0 Å². The summed E-state index contributed by atoms with van der Waals surface area (Å²) in [5.41, 5.74) is 0. The Bertz CT molecular complexity index is 1020. The zero-order chi connectivity index (χ0) is 28.8. The highest BCUT2D eigenvalue weighted by atomic mass is 32.2. The Morgan fingerprint density at radius 1 is 0.900 bits per heavy atom. The van der Waals surface area contributed by atoms with Crippen LogP contribution in [0.3, 0.4) is 0 Å². The van der Waals surface area contributed by atoms with E-state index in [9.17, 15) is 24.0 Å². The molecule has 0 aromatic carbocycles. The number of ether oxygens (including phenoxy) is 7. The van der Waals surface area contributed by atoms with Gasteiger partial charge in [-0.05, 0) is 56.3 Å². The Morgan fingerprint density at radius 2 is 1.50 bits per heavy atom. The summed E-state index contributed by atoms with van der Waals surface area (Å²) in [5, 5.41) is 0. The highest BCUT2D eigenvalue weighted by molar-refractivity contribution is 8.02. The van der Waals surface area contributed by atoms with Crippen molar-refractivity contribution in [2.45, 2.75) is 106 Å². The molecule has 0 N–H and O–H groups in total. The number of thioether (sulfide) groups is 1. The molecule has 4 saturated carbocycles. The lowest BCUT2D eigenvalue weighted by molar-refractivity contribution is -0.226. The highest BCUT2D eigenvalue weighted by Gasteiger charge is 2.65. The fourth-order valence-electron chi connectivity index (χ4n) is 7.75. The second-order valence-corrected chi connectivity index (χ2v) is 13.5. The van der Waals surface area contributed by atoms with E-state index < -0.39 is 72.1 Å². The van der Waals surface area contributed by atoms with Crippen LogP contribution in [-0.4, -0.2) is 83.9 Å². The molecule has 6 aliphatic rings. The molecule has 6 rings (SSSR count). The molecule has 222 valence electrons. The minimum atomic E-state index is -1.62. The van der Waals surface area contributed by atoms with E-state index in [1.54, 1.807) is 0 Å². The first-order chi connectivity index (χ1) is 18.9. The molecule has 40 heavy (non-hydrogen) atoms. The lowest BCUT2D eigenvalue weighted by atomic mass is 9.56. The summed E-state index contributed by atoms with van der Waals surface area (Å²) < 4.78 is 38.6. The van der Waals surface area contributed by atoms with Crippen molar-refractivity contribution in [2.75, 3.05) is 13.7 Å². The molecule has 6 fully saturated rings. The molecule has 13 heteroatoms. The van der Waals surface area contributed by atoms with Crippen molar-refractivity contribution in [3.05, 3.63) is 0 Å². The third-order valence-electron chi connectivity index (χ3n) is 8.59. The predicted octanol–water partition coefficient (Wildman–Crippen LogP) is 2.68. The lowest BCUT2D eigenvalue weighted by Crippen LogP contribution is -2.64. The van der Waals surface area contributed by atoms with Crippen molar-refractivity contribution in [3.63, 3.8) is 0 Å². The zero-order valence-corrected chi connectivity index (χ0v) is 23.9. The Hall–Kier alpha value is -2.54. The van der Waals surface area contributed by atoms with Crippen molar-refractivity contribution in [2.24, 2.45) is 17.8 Å². The largest absolute Gasteiger partial charge is 0.509 e. The maximum absolute atomic E-state index is 13.6. The summed E-state index contributed by atoms with van der Waals surface area (Å²) in [4.78, 5) is 60.2. The Labute approximate surface area is 236 Å². The maximum Gasteiger partial charge on any atom is 0.509 e. The normalized spacial score (nSPS) is 38.8. The molecule has 2 aliphatic heterocycles. The van der Waals surface area contributed by atoms with Gasteiger partial charge >= 0.3 is 30.0 Å². The van der Waals surface area contributed by atoms with Gasteiger partial charge in [-0.25, -0.2) is 9.59 Å². The quantitative estimate of drug-likeness (QED) is 0.289. The van der Waals surface area contributed by atoms with Crippen LogP contribution in [0.15, 0.2) is 0 Å². The third kappa shape index (κ3) is 5.77. The van der Waals surface area contributed by atoms with Crippen LogP contribution in [0, 0.1) is 17.8 Å². The summed E-state index contributed by atoms with van der Waals surface area (Å²) in [5.74, 6) is -1.05. The molecule has 2 saturated heterocycles. The molecule has 4 bridgehead atoms. The van der Waals surface area contributed by atoms with E-state index in [0.717, 1.165) is 33.1 Å². The fourth-order valence-corrected chi connectivity index (χ4v) is 9.98. The van der Waals surface area contributed by atoms with Crippen LogP contribution in [0.4, 0.5) is 4.79 Å². The Balaban J connectivity index is 1.52. The number of carbonyl (C=O) groups excluding carboxylic acids is 5. The smallest absolute Gasteiger partial charge is 0.466 e. The van der Waals surface area contributed by atoms with Crippen LogP contribution in [0.2, 0.25) is 0 Å². The number of methoxy groups -OCH3 is 1. The van der Waals surface area contributed by atoms with Crippen LogP contribution in [0.1, 0.15) is 65.7 Å². The molecule has 0 radical (unpaired) electrons. The molecular weight excluding hydrogens is 548 g/mol. The molecule has 6 atom stereocenters. The number of carbonyl (C=O) groups is 5. The van der Waals surface area contributed by atoms with Gasteiger partial charge in [-0.15, -0.1) is 11.8 Å². The summed E-state index contributed by atoms with van der Waals surface area (Å²) in [6.45, 7) is 3.01. The summed E-state index contributed by atoms with van der Waals surface area (Å²) in [7, 11) is 1.26. The monoisotopic (exact) mass is 584 g/mol. The number of fused-ring (bicyclic) bond motifs is 1. The van der Waals surface area contributed by atoms with Crippen LogP contribution >= 0.6 is 11.8 Å². The van der Waals surface area contributed by atoms with E-state index >= 15 is 0 Å². The van der Waals surface area contributed by atoms with Crippen molar-refractivity contribution < 1.29 is 57.1 Å². The topological polar surface area (TPSA) is 150 Å². The molecule has 0 spiro atoms. The maximum atomic E-state index is 13.6. The predicted molar refractivity (Wildman–Crippen MR) is 136 cm³/mol. The molecule has 0 aromatic heterocycles. The zero-order valence-electron chi connectivity index (χ0n) is 23.1. The molecule has 0 aromatic rings. The first-order valence-electron chi connectivity index (χ1n) is 13.7. The van der Waals surface area contributed by atoms with Gasteiger partial charge in [0.15, 0.2) is 18.3 Å². The molecular formula is C27H36O12S. The third-order valence-corrected chi connectivity index (χ3v) is 10.3.